The molecule has 0 radical (unpaired) electrons. The van der Waals surface area contributed by atoms with Gasteiger partial charge in [0.05, 0.1) is 13.2 Å². The molecule has 196 valence electrons. The van der Waals surface area contributed by atoms with Gasteiger partial charge in [-0.2, -0.15) is 0 Å². The molecule has 3 amide bonds. The van der Waals surface area contributed by atoms with Crippen molar-refractivity contribution >= 4 is 17.7 Å². The molecule has 2 aromatic carbocycles. The first-order chi connectivity index (χ1) is 17.9. The third kappa shape index (κ3) is 4.86. The summed E-state index contributed by atoms with van der Waals surface area (Å²) in [5, 5.41) is 2.84. The molecule has 5 rings (SSSR count). The molecule has 0 saturated carbocycles. The number of ether oxygens (including phenoxy) is 4. The van der Waals surface area contributed by atoms with Crippen LogP contribution in [0.1, 0.15) is 39.1 Å². The Kier molecular flexibility index (Phi) is 7.03. The molecular formula is C27H31N3O7. The third-order valence-electron chi connectivity index (χ3n) is 7.14. The molecule has 2 aromatic rings. The largest absolute Gasteiger partial charge is 0.454 e. The van der Waals surface area contributed by atoms with E-state index in [2.05, 4.69) is 5.32 Å². The SMILES string of the molecule is COCCNC(=O)C1COC2(CCN(C(=O)c3ccc4c(c3)OCO4)CC2)N1C(=O)c1ccc(C)cc1. The van der Waals surface area contributed by atoms with E-state index in [0.717, 1.165) is 5.56 Å². The maximum Gasteiger partial charge on any atom is 0.256 e. The number of nitrogens with one attached hydrogen (secondary N) is 1. The minimum atomic E-state index is -0.975. The zero-order chi connectivity index (χ0) is 26.0. The molecule has 3 aliphatic rings. The van der Waals surface area contributed by atoms with Crippen LogP contribution in [-0.4, -0.2) is 86.0 Å². The number of piperidine rings is 1. The number of fused-ring (bicyclic) bond motifs is 1. The molecule has 10 heteroatoms. The Balaban J connectivity index is 1.34. The van der Waals surface area contributed by atoms with Gasteiger partial charge in [0, 0.05) is 50.7 Å². The van der Waals surface area contributed by atoms with Gasteiger partial charge in [-0.05, 0) is 37.3 Å². The van der Waals surface area contributed by atoms with Crippen molar-refractivity contribution in [2.75, 3.05) is 46.8 Å². The molecule has 10 nitrogen and oxygen atoms in total. The van der Waals surface area contributed by atoms with E-state index in [1.54, 1.807) is 47.2 Å². The quantitative estimate of drug-likeness (QED) is 0.594. The van der Waals surface area contributed by atoms with E-state index in [4.69, 9.17) is 18.9 Å². The first kappa shape index (κ1) is 25.0. The van der Waals surface area contributed by atoms with Crippen molar-refractivity contribution in [2.45, 2.75) is 31.5 Å². The summed E-state index contributed by atoms with van der Waals surface area (Å²) in [6, 6.07) is 11.6. The minimum absolute atomic E-state index is 0.0898. The summed E-state index contributed by atoms with van der Waals surface area (Å²) < 4.78 is 22.0. The molecule has 1 spiro atoms. The van der Waals surface area contributed by atoms with Crippen LogP contribution in [0.15, 0.2) is 42.5 Å². The van der Waals surface area contributed by atoms with E-state index in [1.165, 1.54) is 0 Å². The number of amides is 3. The van der Waals surface area contributed by atoms with E-state index in [1.807, 2.05) is 19.1 Å². The van der Waals surface area contributed by atoms with Crippen molar-refractivity contribution in [2.24, 2.45) is 0 Å². The number of rotatable bonds is 6. The smallest absolute Gasteiger partial charge is 0.256 e. The first-order valence-electron chi connectivity index (χ1n) is 12.4. The van der Waals surface area contributed by atoms with Crippen molar-refractivity contribution in [3.8, 4) is 11.5 Å². The lowest BCUT2D eigenvalue weighted by Gasteiger charge is -2.44. The van der Waals surface area contributed by atoms with Gasteiger partial charge < -0.3 is 29.2 Å². The molecule has 1 unspecified atom stereocenters. The summed E-state index contributed by atoms with van der Waals surface area (Å²) in [5.74, 6) is 0.494. The molecule has 3 aliphatic heterocycles. The lowest BCUT2D eigenvalue weighted by molar-refractivity contribution is -0.128. The number of carbonyl (C=O) groups excluding carboxylic acids is 3. The van der Waals surface area contributed by atoms with Crippen molar-refractivity contribution in [1.82, 2.24) is 15.1 Å². The Morgan fingerprint density at radius 1 is 1.00 bits per heavy atom. The van der Waals surface area contributed by atoms with E-state index in [0.29, 0.717) is 61.7 Å². The van der Waals surface area contributed by atoms with Gasteiger partial charge in [0.1, 0.15) is 11.8 Å². The van der Waals surface area contributed by atoms with Crippen LogP contribution in [0.3, 0.4) is 0 Å². The normalized spacial score (nSPS) is 19.8. The van der Waals surface area contributed by atoms with Crippen LogP contribution >= 0.6 is 0 Å². The number of methoxy groups -OCH3 is 1. The maximum atomic E-state index is 13.8. The van der Waals surface area contributed by atoms with Crippen LogP contribution in [-0.2, 0) is 14.3 Å². The second kappa shape index (κ2) is 10.4. The fourth-order valence-corrected chi connectivity index (χ4v) is 5.07. The zero-order valence-corrected chi connectivity index (χ0v) is 21.0. The topological polar surface area (TPSA) is 107 Å². The van der Waals surface area contributed by atoms with Gasteiger partial charge in [0.2, 0.25) is 12.7 Å². The average Bonchev–Trinajstić information content (AvgIpc) is 3.53. The van der Waals surface area contributed by atoms with Crippen LogP contribution in [0.4, 0.5) is 0 Å². The summed E-state index contributed by atoms with van der Waals surface area (Å²) in [5.41, 5.74) is 1.06. The third-order valence-corrected chi connectivity index (χ3v) is 7.14. The van der Waals surface area contributed by atoms with Crippen LogP contribution in [0.5, 0.6) is 11.5 Å². The fraction of sp³-hybridized carbons (Fsp3) is 0.444. The Labute approximate surface area is 215 Å². The van der Waals surface area contributed by atoms with E-state index in [-0.39, 0.29) is 31.1 Å². The number of hydrogen-bond acceptors (Lipinski definition) is 7. The van der Waals surface area contributed by atoms with Crippen LogP contribution in [0.2, 0.25) is 0 Å². The number of carbonyl (C=O) groups is 3. The molecule has 3 heterocycles. The summed E-state index contributed by atoms with van der Waals surface area (Å²) in [4.78, 5) is 43.4. The van der Waals surface area contributed by atoms with Crippen LogP contribution in [0.25, 0.3) is 0 Å². The Bertz CT molecular complexity index is 1180. The molecule has 37 heavy (non-hydrogen) atoms. The van der Waals surface area contributed by atoms with Gasteiger partial charge >= 0.3 is 0 Å². The molecule has 2 fully saturated rings. The predicted octanol–water partition coefficient (Wildman–Crippen LogP) is 1.96. The highest BCUT2D eigenvalue weighted by atomic mass is 16.7. The molecule has 0 bridgehead atoms. The lowest BCUT2D eigenvalue weighted by Crippen LogP contribution is -2.60. The van der Waals surface area contributed by atoms with Gasteiger partial charge in [0.25, 0.3) is 11.8 Å². The van der Waals surface area contributed by atoms with Crippen molar-refractivity contribution < 1.29 is 33.3 Å². The fourth-order valence-electron chi connectivity index (χ4n) is 5.07. The monoisotopic (exact) mass is 509 g/mol. The van der Waals surface area contributed by atoms with Crippen molar-refractivity contribution in [3.05, 3.63) is 59.2 Å². The zero-order valence-electron chi connectivity index (χ0n) is 21.0. The minimum Gasteiger partial charge on any atom is -0.454 e. The highest BCUT2D eigenvalue weighted by Gasteiger charge is 2.54. The Morgan fingerprint density at radius 3 is 2.43 bits per heavy atom. The van der Waals surface area contributed by atoms with Crippen molar-refractivity contribution in [1.29, 1.82) is 0 Å². The first-order valence-corrected chi connectivity index (χ1v) is 12.4. The number of likely N-dealkylation sites (tertiary alicyclic amines) is 1. The predicted molar refractivity (Wildman–Crippen MR) is 132 cm³/mol. The van der Waals surface area contributed by atoms with Crippen LogP contribution in [0, 0.1) is 6.92 Å². The average molecular weight is 510 g/mol. The standard InChI is InChI=1S/C27H31N3O7/c1-18-3-5-19(6-4-18)26(33)30-21(24(31)28-11-14-34-2)16-37-27(30)9-12-29(13-10-27)25(32)20-7-8-22-23(15-20)36-17-35-22/h3-8,15,21H,9-14,16-17H2,1-2H3,(H,28,31). The number of nitrogens with zero attached hydrogens (tertiary/aromatic N) is 2. The van der Waals surface area contributed by atoms with Gasteiger partial charge in [0.15, 0.2) is 11.5 Å². The second-order valence-corrected chi connectivity index (χ2v) is 9.46. The summed E-state index contributed by atoms with van der Waals surface area (Å²) >= 11 is 0. The lowest BCUT2D eigenvalue weighted by atomic mass is 9.96. The molecule has 2 saturated heterocycles. The van der Waals surface area contributed by atoms with Crippen LogP contribution < -0.4 is 14.8 Å². The van der Waals surface area contributed by atoms with E-state index in [9.17, 15) is 14.4 Å². The second-order valence-electron chi connectivity index (χ2n) is 9.46. The molecule has 1 atom stereocenters. The van der Waals surface area contributed by atoms with Gasteiger partial charge in [-0.3, -0.25) is 19.3 Å². The van der Waals surface area contributed by atoms with Gasteiger partial charge in [-0.15, -0.1) is 0 Å². The molecule has 0 aromatic heterocycles. The summed E-state index contributed by atoms with van der Waals surface area (Å²) in [7, 11) is 1.56. The van der Waals surface area contributed by atoms with Gasteiger partial charge in [-0.1, -0.05) is 17.7 Å². The Morgan fingerprint density at radius 2 is 1.70 bits per heavy atom. The van der Waals surface area contributed by atoms with Crippen molar-refractivity contribution in [3.63, 3.8) is 0 Å². The number of aryl methyl sites for hydroxylation is 1. The molecule has 1 N–H and O–H groups in total. The van der Waals surface area contributed by atoms with E-state index >= 15 is 0 Å². The summed E-state index contributed by atoms with van der Waals surface area (Å²) in [6.45, 7) is 3.64. The Hall–Kier alpha value is -3.63. The number of benzene rings is 2. The summed E-state index contributed by atoms with van der Waals surface area (Å²) in [6.07, 6.45) is 0.783. The van der Waals surface area contributed by atoms with Gasteiger partial charge in [-0.25, -0.2) is 0 Å². The number of hydrogen-bond donors (Lipinski definition) is 1. The van der Waals surface area contributed by atoms with E-state index < -0.39 is 11.8 Å². The highest BCUT2D eigenvalue weighted by Crippen LogP contribution is 2.39. The highest BCUT2D eigenvalue weighted by molar-refractivity contribution is 5.99. The molecule has 0 aliphatic carbocycles. The maximum absolute atomic E-state index is 13.8. The molecular weight excluding hydrogens is 478 g/mol.